The molecule has 0 heteroatoms. The minimum Gasteiger partial charge on any atom is -0.0616 e. The maximum absolute atomic E-state index is 2.33. The van der Waals surface area contributed by atoms with Crippen molar-refractivity contribution in [2.75, 3.05) is 0 Å². The highest BCUT2D eigenvalue weighted by Gasteiger charge is 2.21. The van der Waals surface area contributed by atoms with Crippen LogP contribution in [0.3, 0.4) is 0 Å². The van der Waals surface area contributed by atoms with Crippen LogP contribution in [0.5, 0.6) is 0 Å². The summed E-state index contributed by atoms with van der Waals surface area (Å²) in [7, 11) is 0. The lowest BCUT2D eigenvalue weighted by Crippen LogP contribution is -2.00. The van der Waals surface area contributed by atoms with Gasteiger partial charge in [0.15, 0.2) is 0 Å². The molecule has 138 valence electrons. The summed E-state index contributed by atoms with van der Waals surface area (Å²) in [5, 5.41) is 11.2. The second-order valence-electron chi connectivity index (χ2n) is 8.52. The molecule has 0 aromatic heterocycles. The van der Waals surface area contributed by atoms with E-state index in [1.54, 1.807) is 0 Å². The average Bonchev–Trinajstić information content (AvgIpc) is 2.71. The monoisotopic (exact) mass is 362 g/mol. The van der Waals surface area contributed by atoms with Crippen molar-refractivity contribution < 1.29 is 0 Å². The Morgan fingerprint density at radius 2 is 0.679 bits per heavy atom. The first-order chi connectivity index (χ1) is 13.6. The normalized spacial score (nSPS) is 12.2. The Labute approximate surface area is 166 Å². The molecule has 0 aliphatic carbocycles. The smallest absolute Gasteiger partial charge is 0.00549 e. The zero-order valence-electron chi connectivity index (χ0n) is 17.1. The molecule has 5 rings (SSSR count). The minimum atomic E-state index is 0.457. The molecule has 0 unspecified atom stereocenters. The zero-order valence-corrected chi connectivity index (χ0v) is 17.1. The van der Waals surface area contributed by atoms with Gasteiger partial charge in [-0.2, -0.15) is 0 Å². The number of hydrogen-bond acceptors (Lipinski definition) is 0. The molecule has 0 heterocycles. The Hall–Kier alpha value is -2.86. The van der Waals surface area contributed by atoms with Crippen LogP contribution in [0.2, 0.25) is 0 Å². The summed E-state index contributed by atoms with van der Waals surface area (Å²) in [5.74, 6) is 0.913. The van der Waals surface area contributed by atoms with Crippen molar-refractivity contribution in [1.29, 1.82) is 0 Å². The van der Waals surface area contributed by atoms with Crippen LogP contribution in [0.4, 0.5) is 0 Å². The van der Waals surface area contributed by atoms with Crippen molar-refractivity contribution in [1.82, 2.24) is 0 Å². The maximum atomic E-state index is 2.33. The fourth-order valence-electron chi connectivity index (χ4n) is 5.12. The predicted octanol–water partition coefficient (Wildman–Crippen LogP) is 8.55. The Morgan fingerprint density at radius 1 is 0.393 bits per heavy atom. The first-order valence-electron chi connectivity index (χ1n) is 10.4. The summed E-state index contributed by atoms with van der Waals surface area (Å²) in [6.07, 6.45) is 0. The van der Waals surface area contributed by atoms with Crippen LogP contribution in [-0.4, -0.2) is 0 Å². The highest BCUT2D eigenvalue weighted by Crippen LogP contribution is 2.46. The third-order valence-corrected chi connectivity index (χ3v) is 6.13. The Kier molecular flexibility index (Phi) is 3.91. The molecule has 0 amide bonds. The van der Waals surface area contributed by atoms with Gasteiger partial charge >= 0.3 is 0 Å². The summed E-state index contributed by atoms with van der Waals surface area (Å²) >= 11 is 0. The molecule has 0 nitrogen and oxygen atoms in total. The van der Waals surface area contributed by atoms with Gasteiger partial charge in [0.1, 0.15) is 0 Å². The Morgan fingerprint density at radius 3 is 1.00 bits per heavy atom. The third-order valence-electron chi connectivity index (χ3n) is 6.13. The molecular formula is C28H26. The lowest BCUT2D eigenvalue weighted by Gasteiger charge is -2.24. The molecule has 5 aromatic rings. The molecule has 0 bridgehead atoms. The molecular weight excluding hydrogens is 336 g/mol. The summed E-state index contributed by atoms with van der Waals surface area (Å²) in [6, 6.07) is 26.9. The molecule has 0 N–H and O–H groups in total. The van der Waals surface area contributed by atoms with Crippen LogP contribution in [0.15, 0.2) is 72.8 Å². The van der Waals surface area contributed by atoms with E-state index in [4.69, 9.17) is 0 Å². The molecule has 5 aromatic carbocycles. The molecule has 0 saturated carbocycles. The van der Waals surface area contributed by atoms with Crippen LogP contribution in [0.1, 0.15) is 50.7 Å². The summed E-state index contributed by atoms with van der Waals surface area (Å²) < 4.78 is 0. The van der Waals surface area contributed by atoms with Gasteiger partial charge in [-0.25, -0.2) is 0 Å². The van der Waals surface area contributed by atoms with Crippen molar-refractivity contribution in [2.45, 2.75) is 39.5 Å². The fourth-order valence-corrected chi connectivity index (χ4v) is 5.12. The Balaban J connectivity index is 2.26. The molecule has 0 aliphatic rings. The number of rotatable bonds is 2. The molecule has 0 atom stereocenters. The van der Waals surface area contributed by atoms with Crippen LogP contribution < -0.4 is 0 Å². The lowest BCUT2D eigenvalue weighted by molar-refractivity contribution is 0.874. The van der Waals surface area contributed by atoms with E-state index in [-0.39, 0.29) is 0 Å². The van der Waals surface area contributed by atoms with Gasteiger partial charge in [0.2, 0.25) is 0 Å². The molecule has 0 saturated heterocycles. The van der Waals surface area contributed by atoms with Crippen LogP contribution in [-0.2, 0) is 0 Å². The van der Waals surface area contributed by atoms with E-state index >= 15 is 0 Å². The Bertz CT molecular complexity index is 1250. The van der Waals surface area contributed by atoms with Crippen molar-refractivity contribution in [3.05, 3.63) is 83.9 Å². The SMILES string of the molecule is CC(C)c1c2ccccc2c(C(C)C)c2c3ccccc3c3ccccc3c12. The first-order valence-corrected chi connectivity index (χ1v) is 10.4. The molecule has 0 fully saturated rings. The van der Waals surface area contributed by atoms with Gasteiger partial charge in [-0.05, 0) is 66.1 Å². The van der Waals surface area contributed by atoms with E-state index in [1.165, 1.54) is 54.2 Å². The van der Waals surface area contributed by atoms with Gasteiger partial charge in [-0.3, -0.25) is 0 Å². The summed E-state index contributed by atoms with van der Waals surface area (Å²) in [5.41, 5.74) is 2.97. The largest absolute Gasteiger partial charge is 0.0616 e. The van der Waals surface area contributed by atoms with Crippen LogP contribution >= 0.6 is 0 Å². The topological polar surface area (TPSA) is 0 Å². The number of hydrogen-bond donors (Lipinski definition) is 0. The van der Waals surface area contributed by atoms with Gasteiger partial charge in [0.05, 0.1) is 0 Å². The van der Waals surface area contributed by atoms with Crippen molar-refractivity contribution >= 4 is 43.1 Å². The van der Waals surface area contributed by atoms with Crippen molar-refractivity contribution in [3.8, 4) is 0 Å². The summed E-state index contributed by atoms with van der Waals surface area (Å²) in [4.78, 5) is 0. The number of fused-ring (bicyclic) bond motifs is 7. The molecule has 28 heavy (non-hydrogen) atoms. The fraction of sp³-hybridized carbons (Fsp3) is 0.214. The van der Waals surface area contributed by atoms with Crippen molar-refractivity contribution in [3.63, 3.8) is 0 Å². The maximum Gasteiger partial charge on any atom is -0.00549 e. The molecule has 0 spiro atoms. The minimum absolute atomic E-state index is 0.457. The van der Waals surface area contributed by atoms with Gasteiger partial charge in [-0.15, -0.1) is 0 Å². The van der Waals surface area contributed by atoms with Crippen molar-refractivity contribution in [2.24, 2.45) is 0 Å². The standard InChI is InChI=1S/C28H26/c1-17(2)25-23-15-9-10-16-24(23)26(18(3)4)28-22-14-8-6-12-20(22)19-11-5-7-13-21(19)27(25)28/h5-18H,1-4H3. The zero-order chi connectivity index (χ0) is 19.4. The highest BCUT2D eigenvalue weighted by atomic mass is 14.2. The summed E-state index contributed by atoms with van der Waals surface area (Å²) in [6.45, 7) is 9.33. The van der Waals surface area contributed by atoms with Crippen LogP contribution in [0, 0.1) is 0 Å². The quantitative estimate of drug-likeness (QED) is 0.218. The lowest BCUT2D eigenvalue weighted by atomic mass is 9.80. The second-order valence-corrected chi connectivity index (χ2v) is 8.52. The van der Waals surface area contributed by atoms with E-state index in [1.807, 2.05) is 0 Å². The number of benzene rings is 5. The second kappa shape index (κ2) is 6.34. The van der Waals surface area contributed by atoms with E-state index in [0.29, 0.717) is 11.8 Å². The molecule has 0 radical (unpaired) electrons. The van der Waals surface area contributed by atoms with Gasteiger partial charge < -0.3 is 0 Å². The van der Waals surface area contributed by atoms with E-state index in [9.17, 15) is 0 Å². The van der Waals surface area contributed by atoms with Crippen LogP contribution in [0.25, 0.3) is 43.1 Å². The van der Waals surface area contributed by atoms with E-state index < -0.39 is 0 Å². The molecule has 0 aliphatic heterocycles. The van der Waals surface area contributed by atoms with Gasteiger partial charge in [0.25, 0.3) is 0 Å². The highest BCUT2D eigenvalue weighted by molar-refractivity contribution is 6.30. The first kappa shape index (κ1) is 17.3. The third kappa shape index (κ3) is 2.31. The van der Waals surface area contributed by atoms with Gasteiger partial charge in [-0.1, -0.05) is 100 Å². The van der Waals surface area contributed by atoms with Gasteiger partial charge in [0, 0.05) is 0 Å². The average molecular weight is 363 g/mol. The predicted molar refractivity (Wildman–Crippen MR) is 125 cm³/mol. The van der Waals surface area contributed by atoms with E-state index in [2.05, 4.69) is 100 Å². The van der Waals surface area contributed by atoms with E-state index in [0.717, 1.165) is 0 Å².